The summed E-state index contributed by atoms with van der Waals surface area (Å²) in [6.45, 7) is 0.270. The Bertz CT molecular complexity index is 1330. The van der Waals surface area contributed by atoms with E-state index in [-0.39, 0.29) is 36.9 Å². The number of imide groups is 1. The summed E-state index contributed by atoms with van der Waals surface area (Å²) in [6, 6.07) is 22.3. The van der Waals surface area contributed by atoms with Crippen LogP contribution in [0.15, 0.2) is 84.9 Å². The summed E-state index contributed by atoms with van der Waals surface area (Å²) in [4.78, 5) is 53.4. The Hall–Kier alpha value is -4.37. The van der Waals surface area contributed by atoms with Crippen molar-refractivity contribution in [3.8, 4) is 0 Å². The monoisotopic (exact) mass is 556 g/mol. The SMILES string of the molecule is N[C@@H](Cc1ccc([N+](=O)[O-])cc1)C(=O)N(C(=O)Cc1ccccc1)C(C(=O)NCc1ccccc1)C1CCCCC1. The molecule has 2 atom stereocenters. The molecule has 1 aliphatic rings. The lowest BCUT2D eigenvalue weighted by Crippen LogP contribution is -2.60. The first-order valence-corrected chi connectivity index (χ1v) is 14.0. The molecule has 0 aromatic heterocycles. The van der Waals surface area contributed by atoms with Crippen LogP contribution in [0.5, 0.6) is 0 Å². The lowest BCUT2D eigenvalue weighted by atomic mass is 9.82. The van der Waals surface area contributed by atoms with Gasteiger partial charge in [0.25, 0.3) is 5.69 Å². The van der Waals surface area contributed by atoms with Crippen molar-refractivity contribution in [2.24, 2.45) is 11.7 Å². The number of nitro groups is 1. The van der Waals surface area contributed by atoms with Gasteiger partial charge in [0.1, 0.15) is 6.04 Å². The molecular weight excluding hydrogens is 520 g/mol. The molecule has 3 N–H and O–H groups in total. The predicted octanol–water partition coefficient (Wildman–Crippen LogP) is 4.33. The molecule has 4 rings (SSSR count). The molecule has 9 heteroatoms. The maximum Gasteiger partial charge on any atom is 0.269 e. The van der Waals surface area contributed by atoms with Crippen molar-refractivity contribution in [2.75, 3.05) is 0 Å². The number of nitrogens with one attached hydrogen (secondary N) is 1. The molecule has 3 aromatic carbocycles. The summed E-state index contributed by atoms with van der Waals surface area (Å²) < 4.78 is 0. The summed E-state index contributed by atoms with van der Waals surface area (Å²) >= 11 is 0. The summed E-state index contributed by atoms with van der Waals surface area (Å²) in [5.41, 5.74) is 8.59. The standard InChI is InChI=1S/C32H36N4O5/c33-28(20-24-16-18-27(19-17-24)36(40)41)32(39)35(29(37)21-23-10-4-1-5-11-23)30(26-14-8-3-9-15-26)31(38)34-22-25-12-6-2-7-13-25/h1-2,4-7,10-13,16-19,26,28,30H,3,8-9,14-15,20-22,33H2,(H,34,38)/t28-,30?/m0/s1. The van der Waals surface area contributed by atoms with Crippen molar-refractivity contribution < 1.29 is 19.3 Å². The third-order valence-corrected chi connectivity index (χ3v) is 7.58. The van der Waals surface area contributed by atoms with Gasteiger partial charge in [-0.05, 0) is 41.9 Å². The molecule has 41 heavy (non-hydrogen) atoms. The van der Waals surface area contributed by atoms with Gasteiger partial charge in [-0.25, -0.2) is 0 Å². The fourth-order valence-electron chi connectivity index (χ4n) is 5.43. The average molecular weight is 557 g/mol. The van der Waals surface area contributed by atoms with Gasteiger partial charge in [-0.2, -0.15) is 0 Å². The van der Waals surface area contributed by atoms with Gasteiger partial charge < -0.3 is 11.1 Å². The second-order valence-electron chi connectivity index (χ2n) is 10.5. The molecule has 9 nitrogen and oxygen atoms in total. The number of nitrogens with two attached hydrogens (primary N) is 1. The average Bonchev–Trinajstić information content (AvgIpc) is 3.00. The summed E-state index contributed by atoms with van der Waals surface area (Å²) in [7, 11) is 0. The second-order valence-corrected chi connectivity index (χ2v) is 10.5. The van der Waals surface area contributed by atoms with Gasteiger partial charge in [-0.15, -0.1) is 0 Å². The highest BCUT2D eigenvalue weighted by Crippen LogP contribution is 2.30. The Morgan fingerprint density at radius 1 is 0.854 bits per heavy atom. The second kappa shape index (κ2) is 14.3. The van der Waals surface area contributed by atoms with Crippen LogP contribution in [0.4, 0.5) is 5.69 Å². The molecule has 0 spiro atoms. The van der Waals surface area contributed by atoms with Crippen LogP contribution in [0, 0.1) is 16.0 Å². The quantitative estimate of drug-likeness (QED) is 0.267. The number of carbonyl (C=O) groups is 3. The number of hydrogen-bond acceptors (Lipinski definition) is 6. The van der Waals surface area contributed by atoms with Gasteiger partial charge >= 0.3 is 0 Å². The van der Waals surface area contributed by atoms with Crippen LogP contribution in [0.2, 0.25) is 0 Å². The molecule has 3 aromatic rings. The molecule has 3 amide bonds. The van der Waals surface area contributed by atoms with E-state index < -0.39 is 28.8 Å². The van der Waals surface area contributed by atoms with Crippen molar-refractivity contribution in [1.82, 2.24) is 10.2 Å². The van der Waals surface area contributed by atoms with Gasteiger partial charge in [0.2, 0.25) is 17.7 Å². The fraction of sp³-hybridized carbons (Fsp3) is 0.344. The first-order valence-electron chi connectivity index (χ1n) is 14.0. The summed E-state index contributed by atoms with van der Waals surface area (Å²) in [5.74, 6) is -1.67. The number of nitrogens with zero attached hydrogens (tertiary/aromatic N) is 2. The number of carbonyl (C=O) groups excluding carboxylic acids is 3. The van der Waals surface area contributed by atoms with Crippen molar-refractivity contribution in [3.05, 3.63) is 112 Å². The number of hydrogen-bond donors (Lipinski definition) is 2. The largest absolute Gasteiger partial charge is 0.350 e. The number of benzene rings is 3. The number of amides is 3. The number of rotatable bonds is 11. The van der Waals surface area contributed by atoms with Crippen LogP contribution in [0.3, 0.4) is 0 Å². The minimum atomic E-state index is -1.12. The molecule has 1 saturated carbocycles. The highest BCUT2D eigenvalue weighted by Gasteiger charge is 2.41. The van der Waals surface area contributed by atoms with Crippen LogP contribution in [-0.4, -0.2) is 39.6 Å². The minimum Gasteiger partial charge on any atom is -0.350 e. The zero-order chi connectivity index (χ0) is 29.2. The molecule has 1 fully saturated rings. The topological polar surface area (TPSA) is 136 Å². The molecule has 0 aliphatic heterocycles. The van der Waals surface area contributed by atoms with Crippen molar-refractivity contribution in [2.45, 2.75) is 63.6 Å². The minimum absolute atomic E-state index is 0.0496. The molecule has 214 valence electrons. The first-order chi connectivity index (χ1) is 19.8. The maximum absolute atomic E-state index is 14.0. The lowest BCUT2D eigenvalue weighted by molar-refractivity contribution is -0.384. The van der Waals surface area contributed by atoms with Gasteiger partial charge in [0.15, 0.2) is 0 Å². The number of nitro benzene ring substituents is 1. The third kappa shape index (κ3) is 8.08. The summed E-state index contributed by atoms with van der Waals surface area (Å²) in [5, 5.41) is 14.0. The molecule has 0 radical (unpaired) electrons. The van der Waals surface area contributed by atoms with Crippen LogP contribution >= 0.6 is 0 Å². The van der Waals surface area contributed by atoms with Crippen LogP contribution in [0.25, 0.3) is 0 Å². The van der Waals surface area contributed by atoms with Crippen molar-refractivity contribution >= 4 is 23.4 Å². The van der Waals surface area contributed by atoms with Gasteiger partial charge in [0.05, 0.1) is 17.4 Å². The van der Waals surface area contributed by atoms with E-state index in [4.69, 9.17) is 5.73 Å². The van der Waals surface area contributed by atoms with E-state index in [2.05, 4.69) is 5.32 Å². The van der Waals surface area contributed by atoms with Crippen LogP contribution in [0.1, 0.15) is 48.8 Å². The molecular formula is C32H36N4O5. The third-order valence-electron chi connectivity index (χ3n) is 7.58. The molecule has 0 bridgehead atoms. The Labute approximate surface area is 239 Å². The smallest absolute Gasteiger partial charge is 0.269 e. The van der Waals surface area contributed by atoms with E-state index in [0.29, 0.717) is 5.56 Å². The molecule has 1 aliphatic carbocycles. The zero-order valence-corrected chi connectivity index (χ0v) is 23.0. The van der Waals surface area contributed by atoms with E-state index in [1.54, 1.807) is 12.1 Å². The van der Waals surface area contributed by atoms with E-state index in [9.17, 15) is 24.5 Å². The predicted molar refractivity (Wildman–Crippen MR) is 155 cm³/mol. The normalized spacial score (nSPS) is 15.0. The maximum atomic E-state index is 14.0. The fourth-order valence-corrected chi connectivity index (χ4v) is 5.43. The number of non-ortho nitro benzene ring substituents is 1. The van der Waals surface area contributed by atoms with Crippen molar-refractivity contribution in [1.29, 1.82) is 0 Å². The lowest BCUT2D eigenvalue weighted by Gasteiger charge is -2.37. The van der Waals surface area contributed by atoms with Crippen molar-refractivity contribution in [3.63, 3.8) is 0 Å². The van der Waals surface area contributed by atoms with Crippen LogP contribution in [-0.2, 0) is 33.8 Å². The Morgan fingerprint density at radius 2 is 1.44 bits per heavy atom. The van der Waals surface area contributed by atoms with E-state index in [1.165, 1.54) is 12.1 Å². The van der Waals surface area contributed by atoms with Crippen LogP contribution < -0.4 is 11.1 Å². The van der Waals surface area contributed by atoms with E-state index in [1.807, 2.05) is 60.7 Å². The van der Waals surface area contributed by atoms with Gasteiger partial charge in [-0.1, -0.05) is 92.1 Å². The Morgan fingerprint density at radius 3 is 2.02 bits per heavy atom. The van der Waals surface area contributed by atoms with E-state index >= 15 is 0 Å². The Balaban J connectivity index is 1.63. The zero-order valence-electron chi connectivity index (χ0n) is 23.0. The highest BCUT2D eigenvalue weighted by atomic mass is 16.6. The molecule has 0 heterocycles. The van der Waals surface area contributed by atoms with Gasteiger partial charge in [-0.3, -0.25) is 29.4 Å². The Kier molecular flexibility index (Phi) is 10.3. The first kappa shape index (κ1) is 29.6. The van der Waals surface area contributed by atoms with E-state index in [0.717, 1.165) is 48.1 Å². The highest BCUT2D eigenvalue weighted by molar-refractivity contribution is 6.03. The van der Waals surface area contributed by atoms with Gasteiger partial charge in [0, 0.05) is 18.7 Å². The molecule has 1 unspecified atom stereocenters. The molecule has 0 saturated heterocycles. The summed E-state index contributed by atoms with van der Waals surface area (Å²) in [6.07, 6.45) is 4.34.